The summed E-state index contributed by atoms with van der Waals surface area (Å²) in [7, 11) is 0. The summed E-state index contributed by atoms with van der Waals surface area (Å²) in [6.07, 6.45) is 8.43. The van der Waals surface area contributed by atoms with Crippen LogP contribution in [0.2, 0.25) is 0 Å². The minimum atomic E-state index is -0.426. The first kappa shape index (κ1) is 12.7. The van der Waals surface area contributed by atoms with Crippen molar-refractivity contribution in [3.8, 4) is 0 Å². The first-order valence-corrected chi connectivity index (χ1v) is 5.91. The van der Waals surface area contributed by atoms with E-state index < -0.39 is 5.91 Å². The van der Waals surface area contributed by atoms with E-state index in [9.17, 15) is 9.59 Å². The molecule has 2 amide bonds. The maximum absolute atomic E-state index is 11.3. The molecular formula is C12H20N2O2. The third-order valence-electron chi connectivity index (χ3n) is 2.75. The fraction of sp³-hybridized carbons (Fsp3) is 0.667. The Kier molecular flexibility index (Phi) is 5.61. The number of rotatable bonds is 6. The normalized spacial score (nSPS) is 15.4. The van der Waals surface area contributed by atoms with Gasteiger partial charge in [-0.3, -0.25) is 9.59 Å². The molecule has 0 aromatic carbocycles. The van der Waals surface area contributed by atoms with Gasteiger partial charge < -0.3 is 11.1 Å². The molecule has 0 aromatic rings. The SMILES string of the molecule is NC(=O)CCC(=O)NCCC1=CCCCC1. The highest BCUT2D eigenvalue weighted by Crippen LogP contribution is 2.19. The molecule has 0 atom stereocenters. The summed E-state index contributed by atoms with van der Waals surface area (Å²) in [5, 5.41) is 2.80. The number of nitrogens with two attached hydrogens (primary N) is 1. The Balaban J connectivity index is 2.08. The van der Waals surface area contributed by atoms with Gasteiger partial charge in [-0.15, -0.1) is 0 Å². The van der Waals surface area contributed by atoms with Gasteiger partial charge in [-0.25, -0.2) is 0 Å². The lowest BCUT2D eigenvalue weighted by Gasteiger charge is -2.12. The average Bonchev–Trinajstić information content (AvgIpc) is 2.28. The van der Waals surface area contributed by atoms with E-state index in [0.717, 1.165) is 12.8 Å². The van der Waals surface area contributed by atoms with Crippen LogP contribution in [0.1, 0.15) is 44.9 Å². The molecule has 3 N–H and O–H groups in total. The van der Waals surface area contributed by atoms with Crippen LogP contribution in [-0.2, 0) is 9.59 Å². The molecule has 0 bridgehead atoms. The third kappa shape index (κ3) is 5.53. The Labute approximate surface area is 96.3 Å². The highest BCUT2D eigenvalue weighted by Gasteiger charge is 2.05. The summed E-state index contributed by atoms with van der Waals surface area (Å²) in [6, 6.07) is 0. The first-order chi connectivity index (χ1) is 7.68. The summed E-state index contributed by atoms with van der Waals surface area (Å²) in [5.74, 6) is -0.514. The topological polar surface area (TPSA) is 72.2 Å². The van der Waals surface area contributed by atoms with E-state index in [-0.39, 0.29) is 18.7 Å². The Bertz CT molecular complexity index is 285. The van der Waals surface area contributed by atoms with Gasteiger partial charge in [0.1, 0.15) is 0 Å². The van der Waals surface area contributed by atoms with Crippen LogP contribution >= 0.6 is 0 Å². The van der Waals surface area contributed by atoms with E-state index in [1.165, 1.54) is 24.8 Å². The molecule has 0 heterocycles. The van der Waals surface area contributed by atoms with Crippen molar-refractivity contribution in [2.45, 2.75) is 44.9 Å². The van der Waals surface area contributed by atoms with E-state index in [4.69, 9.17) is 5.73 Å². The number of nitrogens with one attached hydrogen (secondary N) is 1. The van der Waals surface area contributed by atoms with Crippen molar-refractivity contribution in [3.05, 3.63) is 11.6 Å². The molecule has 1 aliphatic carbocycles. The van der Waals surface area contributed by atoms with Crippen molar-refractivity contribution >= 4 is 11.8 Å². The van der Waals surface area contributed by atoms with Gasteiger partial charge in [0.05, 0.1) is 0 Å². The molecule has 0 fully saturated rings. The van der Waals surface area contributed by atoms with Crippen molar-refractivity contribution < 1.29 is 9.59 Å². The summed E-state index contributed by atoms with van der Waals surface area (Å²) in [5.41, 5.74) is 6.40. The number of hydrogen-bond donors (Lipinski definition) is 2. The fourth-order valence-electron chi connectivity index (χ4n) is 1.82. The van der Waals surface area contributed by atoms with E-state index >= 15 is 0 Å². The Hall–Kier alpha value is -1.32. The lowest BCUT2D eigenvalue weighted by atomic mass is 9.97. The largest absolute Gasteiger partial charge is 0.370 e. The molecule has 0 unspecified atom stereocenters. The molecule has 0 radical (unpaired) electrons. The van der Waals surface area contributed by atoms with Crippen molar-refractivity contribution in [2.24, 2.45) is 5.73 Å². The molecule has 0 saturated carbocycles. The van der Waals surface area contributed by atoms with Gasteiger partial charge in [-0.2, -0.15) is 0 Å². The monoisotopic (exact) mass is 224 g/mol. The zero-order chi connectivity index (χ0) is 11.8. The summed E-state index contributed by atoms with van der Waals surface area (Å²) < 4.78 is 0. The van der Waals surface area contributed by atoms with Crippen molar-refractivity contribution in [2.75, 3.05) is 6.54 Å². The van der Waals surface area contributed by atoms with Crippen LogP contribution in [-0.4, -0.2) is 18.4 Å². The van der Waals surface area contributed by atoms with Crippen LogP contribution in [0, 0.1) is 0 Å². The second-order valence-corrected chi connectivity index (χ2v) is 4.17. The van der Waals surface area contributed by atoms with Gasteiger partial charge >= 0.3 is 0 Å². The van der Waals surface area contributed by atoms with Crippen molar-refractivity contribution in [3.63, 3.8) is 0 Å². The predicted octanol–water partition coefficient (Wildman–Crippen LogP) is 1.26. The van der Waals surface area contributed by atoms with Gasteiger partial charge in [0.25, 0.3) is 0 Å². The molecule has 90 valence electrons. The van der Waals surface area contributed by atoms with Crippen LogP contribution in [0.4, 0.5) is 0 Å². The molecule has 0 aliphatic heterocycles. The van der Waals surface area contributed by atoms with E-state index in [1.54, 1.807) is 0 Å². The highest BCUT2D eigenvalue weighted by atomic mass is 16.2. The number of primary amides is 1. The minimum Gasteiger partial charge on any atom is -0.370 e. The Morgan fingerprint density at radius 3 is 2.75 bits per heavy atom. The smallest absolute Gasteiger partial charge is 0.220 e. The fourth-order valence-corrected chi connectivity index (χ4v) is 1.82. The molecule has 0 aromatic heterocycles. The number of hydrogen-bond acceptors (Lipinski definition) is 2. The lowest BCUT2D eigenvalue weighted by Crippen LogP contribution is -2.26. The first-order valence-electron chi connectivity index (χ1n) is 5.91. The van der Waals surface area contributed by atoms with Gasteiger partial charge in [0.15, 0.2) is 0 Å². The minimum absolute atomic E-state index is 0.0878. The Morgan fingerprint density at radius 1 is 1.31 bits per heavy atom. The molecule has 0 spiro atoms. The lowest BCUT2D eigenvalue weighted by molar-refractivity contribution is -0.125. The number of amides is 2. The summed E-state index contributed by atoms with van der Waals surface area (Å²) in [6.45, 7) is 0.670. The second kappa shape index (κ2) is 7.04. The standard InChI is InChI=1S/C12H20N2O2/c13-11(15)6-7-12(16)14-9-8-10-4-2-1-3-5-10/h4H,1-3,5-9H2,(H2,13,15)(H,14,16). The zero-order valence-corrected chi connectivity index (χ0v) is 9.63. The van der Waals surface area contributed by atoms with Gasteiger partial charge in [-0.05, 0) is 32.1 Å². The number of carbonyl (C=O) groups is 2. The van der Waals surface area contributed by atoms with E-state index in [1.807, 2.05) is 0 Å². The van der Waals surface area contributed by atoms with E-state index in [0.29, 0.717) is 6.54 Å². The van der Waals surface area contributed by atoms with Crippen LogP contribution in [0.3, 0.4) is 0 Å². The van der Waals surface area contributed by atoms with E-state index in [2.05, 4.69) is 11.4 Å². The van der Waals surface area contributed by atoms with Crippen molar-refractivity contribution in [1.82, 2.24) is 5.32 Å². The molecule has 0 saturated heterocycles. The molecule has 1 rings (SSSR count). The van der Waals surface area contributed by atoms with Crippen LogP contribution < -0.4 is 11.1 Å². The molecule has 1 aliphatic rings. The van der Waals surface area contributed by atoms with Gasteiger partial charge in [-0.1, -0.05) is 11.6 Å². The van der Waals surface area contributed by atoms with Crippen molar-refractivity contribution in [1.29, 1.82) is 0 Å². The van der Waals surface area contributed by atoms with Gasteiger partial charge in [0.2, 0.25) is 11.8 Å². The van der Waals surface area contributed by atoms with Crippen LogP contribution in [0.5, 0.6) is 0 Å². The summed E-state index contributed by atoms with van der Waals surface area (Å²) >= 11 is 0. The van der Waals surface area contributed by atoms with Crippen LogP contribution in [0.25, 0.3) is 0 Å². The molecular weight excluding hydrogens is 204 g/mol. The average molecular weight is 224 g/mol. The quantitative estimate of drug-likeness (QED) is 0.667. The molecule has 16 heavy (non-hydrogen) atoms. The molecule has 4 nitrogen and oxygen atoms in total. The molecule has 4 heteroatoms. The third-order valence-corrected chi connectivity index (χ3v) is 2.75. The summed E-state index contributed by atoms with van der Waals surface area (Å²) in [4.78, 5) is 21.7. The maximum Gasteiger partial charge on any atom is 0.220 e. The number of carbonyl (C=O) groups excluding carboxylic acids is 2. The highest BCUT2D eigenvalue weighted by molar-refractivity contribution is 5.82. The van der Waals surface area contributed by atoms with Gasteiger partial charge in [0, 0.05) is 19.4 Å². The number of allylic oxidation sites excluding steroid dienone is 1. The second-order valence-electron chi connectivity index (χ2n) is 4.17. The zero-order valence-electron chi connectivity index (χ0n) is 9.63. The van der Waals surface area contributed by atoms with Crippen LogP contribution in [0.15, 0.2) is 11.6 Å². The maximum atomic E-state index is 11.3. The predicted molar refractivity (Wildman–Crippen MR) is 62.6 cm³/mol. The Morgan fingerprint density at radius 2 is 2.12 bits per heavy atom.